The van der Waals surface area contributed by atoms with Crippen LogP contribution in [0, 0.1) is 6.92 Å². The number of carboxylic acids is 1. The van der Waals surface area contributed by atoms with E-state index in [1.807, 2.05) is 32.0 Å². The summed E-state index contributed by atoms with van der Waals surface area (Å²) < 4.78 is 1.29. The molecule has 2 N–H and O–H groups in total. The van der Waals surface area contributed by atoms with Crippen LogP contribution < -0.4 is 10.9 Å². The molecule has 0 radical (unpaired) electrons. The van der Waals surface area contributed by atoms with E-state index in [1.165, 1.54) is 9.95 Å². The van der Waals surface area contributed by atoms with Crippen LogP contribution in [0.4, 0.5) is 5.69 Å². The predicted molar refractivity (Wildman–Crippen MR) is 105 cm³/mol. The van der Waals surface area contributed by atoms with Crippen molar-refractivity contribution in [3.63, 3.8) is 0 Å². The van der Waals surface area contributed by atoms with Crippen molar-refractivity contribution >= 4 is 39.1 Å². The summed E-state index contributed by atoms with van der Waals surface area (Å²) in [5.41, 5.74) is 0.968. The summed E-state index contributed by atoms with van der Waals surface area (Å²) in [5.74, 6) is -1.11. The second-order valence-electron chi connectivity index (χ2n) is 6.17. The zero-order valence-corrected chi connectivity index (χ0v) is 16.0. The first kappa shape index (κ1) is 18.8. The fourth-order valence-electron chi connectivity index (χ4n) is 2.92. The average Bonchev–Trinajstić information content (AvgIpc) is 3.07. The molecule has 1 atom stereocenters. The Hall–Kier alpha value is -3.00. The summed E-state index contributed by atoms with van der Waals surface area (Å²) in [6, 6.07) is 6.50. The lowest BCUT2D eigenvalue weighted by molar-refractivity contribution is -0.118. The first-order chi connectivity index (χ1) is 12.8. The second-order valence-corrected chi connectivity index (χ2v) is 7.03. The van der Waals surface area contributed by atoms with Crippen molar-refractivity contribution in [2.75, 3.05) is 5.32 Å². The summed E-state index contributed by atoms with van der Waals surface area (Å²) >= 11 is 1.11. The number of rotatable bonds is 5. The number of nitrogens with zero attached hydrogens (tertiary/aromatic N) is 2. The molecule has 0 fully saturated rings. The number of hydrogen-bond donors (Lipinski definition) is 2. The number of fused-ring (bicyclic) bond motifs is 1. The largest absolute Gasteiger partial charge is 0.478 e. The number of aromatic nitrogens is 2. The monoisotopic (exact) mass is 385 g/mol. The molecule has 0 bridgehead atoms. The Labute approximate surface area is 159 Å². The van der Waals surface area contributed by atoms with Crippen LogP contribution in [0.2, 0.25) is 0 Å². The molecule has 27 heavy (non-hydrogen) atoms. The number of aryl methyl sites for hydroxylation is 2. The van der Waals surface area contributed by atoms with Crippen molar-refractivity contribution in [3.8, 4) is 0 Å². The number of nitrogens with one attached hydrogen (secondary N) is 1. The van der Waals surface area contributed by atoms with E-state index in [9.17, 15) is 19.5 Å². The number of anilines is 1. The molecule has 8 heteroatoms. The fourth-order valence-corrected chi connectivity index (χ4v) is 3.84. The van der Waals surface area contributed by atoms with Crippen molar-refractivity contribution in [2.45, 2.75) is 33.2 Å². The van der Waals surface area contributed by atoms with Crippen LogP contribution in [0.5, 0.6) is 0 Å². The average molecular weight is 385 g/mol. The minimum atomic E-state index is -1.19. The second kappa shape index (κ2) is 7.32. The van der Waals surface area contributed by atoms with Crippen molar-refractivity contribution in [3.05, 3.63) is 57.0 Å². The standard InChI is InChI=1S/C19H19N3O4S/c1-4-14-21-17-15(12(9-27-17)19(25)26)18(24)22(14)11(3)16(23)20-13-8-6-5-7-10(13)2/h5-9,11H,4H2,1-3H3,(H,20,23)(H,25,26). The van der Waals surface area contributed by atoms with Gasteiger partial charge in [0.25, 0.3) is 5.56 Å². The number of thiophene rings is 1. The maximum absolute atomic E-state index is 13.0. The Balaban J connectivity index is 2.09. The quantitative estimate of drug-likeness (QED) is 0.702. The lowest BCUT2D eigenvalue weighted by atomic mass is 10.2. The van der Waals surface area contributed by atoms with Crippen LogP contribution in [0.1, 0.15) is 41.6 Å². The number of amides is 1. The van der Waals surface area contributed by atoms with Gasteiger partial charge in [0.05, 0.1) is 10.9 Å². The van der Waals surface area contributed by atoms with Crippen LogP contribution in [-0.4, -0.2) is 26.5 Å². The third kappa shape index (κ3) is 3.35. The van der Waals surface area contributed by atoms with Gasteiger partial charge in [-0.2, -0.15) is 0 Å². The molecular formula is C19H19N3O4S. The number of para-hydroxylation sites is 1. The molecule has 7 nitrogen and oxygen atoms in total. The van der Waals surface area contributed by atoms with Gasteiger partial charge in [0.15, 0.2) is 0 Å². The summed E-state index contributed by atoms with van der Waals surface area (Å²) in [6.07, 6.45) is 0.438. The lowest BCUT2D eigenvalue weighted by Gasteiger charge is -2.19. The van der Waals surface area contributed by atoms with Gasteiger partial charge in [0, 0.05) is 17.5 Å². The van der Waals surface area contributed by atoms with Gasteiger partial charge >= 0.3 is 5.97 Å². The normalized spacial score (nSPS) is 12.1. The van der Waals surface area contributed by atoms with Gasteiger partial charge in [-0.1, -0.05) is 25.1 Å². The van der Waals surface area contributed by atoms with Crippen LogP contribution in [0.3, 0.4) is 0 Å². The van der Waals surface area contributed by atoms with Crippen molar-refractivity contribution < 1.29 is 14.7 Å². The molecular weight excluding hydrogens is 366 g/mol. The number of carboxylic acid groups (broad SMARTS) is 1. The molecule has 0 aliphatic heterocycles. The molecule has 2 heterocycles. The van der Waals surface area contributed by atoms with E-state index < -0.39 is 17.6 Å². The highest BCUT2D eigenvalue weighted by molar-refractivity contribution is 7.17. The summed E-state index contributed by atoms with van der Waals surface area (Å²) in [7, 11) is 0. The first-order valence-electron chi connectivity index (χ1n) is 8.47. The van der Waals surface area contributed by atoms with E-state index in [2.05, 4.69) is 10.3 Å². The van der Waals surface area contributed by atoms with Crippen LogP contribution in [0.25, 0.3) is 10.2 Å². The Morgan fingerprint density at radius 1 is 1.33 bits per heavy atom. The molecule has 0 aliphatic carbocycles. The predicted octanol–water partition coefficient (Wildman–Crippen LogP) is 3.23. The minimum Gasteiger partial charge on any atom is -0.478 e. The number of benzene rings is 1. The van der Waals surface area contributed by atoms with Gasteiger partial charge in [0.1, 0.15) is 16.7 Å². The first-order valence-corrected chi connectivity index (χ1v) is 9.35. The van der Waals surface area contributed by atoms with E-state index in [1.54, 1.807) is 13.0 Å². The van der Waals surface area contributed by atoms with Gasteiger partial charge < -0.3 is 10.4 Å². The Bertz CT molecular complexity index is 1100. The van der Waals surface area contributed by atoms with Gasteiger partial charge in [-0.05, 0) is 25.5 Å². The molecule has 1 aromatic carbocycles. The van der Waals surface area contributed by atoms with E-state index in [-0.39, 0.29) is 16.9 Å². The third-order valence-corrected chi connectivity index (χ3v) is 5.30. The Morgan fingerprint density at radius 2 is 2.04 bits per heavy atom. The van der Waals surface area contributed by atoms with Crippen molar-refractivity contribution in [1.29, 1.82) is 0 Å². The number of hydrogen-bond acceptors (Lipinski definition) is 5. The maximum Gasteiger partial charge on any atom is 0.337 e. The molecule has 0 spiro atoms. The van der Waals surface area contributed by atoms with Gasteiger partial charge in [-0.25, -0.2) is 9.78 Å². The molecule has 2 aromatic heterocycles. The molecule has 3 aromatic rings. The Kier molecular flexibility index (Phi) is 5.09. The highest BCUT2D eigenvalue weighted by Crippen LogP contribution is 2.23. The molecule has 0 saturated heterocycles. The zero-order valence-electron chi connectivity index (χ0n) is 15.1. The molecule has 0 aliphatic rings. The smallest absolute Gasteiger partial charge is 0.337 e. The van der Waals surface area contributed by atoms with Crippen molar-refractivity contribution in [2.24, 2.45) is 0 Å². The van der Waals surface area contributed by atoms with Crippen LogP contribution in [-0.2, 0) is 11.2 Å². The van der Waals surface area contributed by atoms with Gasteiger partial charge in [0.2, 0.25) is 5.91 Å². The SMILES string of the molecule is CCc1nc2scc(C(=O)O)c2c(=O)n1C(C)C(=O)Nc1ccccc1C. The number of carbonyl (C=O) groups is 2. The minimum absolute atomic E-state index is 0.0419. The number of carbonyl (C=O) groups excluding carboxylic acids is 1. The topological polar surface area (TPSA) is 101 Å². The number of aromatic carboxylic acids is 1. The maximum atomic E-state index is 13.0. The molecule has 0 saturated carbocycles. The van der Waals surface area contributed by atoms with Gasteiger partial charge in [-0.3, -0.25) is 14.2 Å². The molecule has 3 rings (SSSR count). The summed E-state index contributed by atoms with van der Waals surface area (Å²) in [5, 5.41) is 13.6. The van der Waals surface area contributed by atoms with Crippen molar-refractivity contribution in [1.82, 2.24) is 9.55 Å². The summed E-state index contributed by atoms with van der Waals surface area (Å²) in [4.78, 5) is 42.0. The van der Waals surface area contributed by atoms with Crippen LogP contribution >= 0.6 is 11.3 Å². The fraction of sp³-hybridized carbons (Fsp3) is 0.263. The summed E-state index contributed by atoms with van der Waals surface area (Å²) in [6.45, 7) is 5.32. The van der Waals surface area contributed by atoms with E-state index in [0.717, 1.165) is 16.9 Å². The Morgan fingerprint density at radius 3 is 2.67 bits per heavy atom. The molecule has 140 valence electrons. The van der Waals surface area contributed by atoms with E-state index >= 15 is 0 Å². The molecule has 1 amide bonds. The van der Waals surface area contributed by atoms with Crippen LogP contribution in [0.15, 0.2) is 34.4 Å². The third-order valence-electron chi connectivity index (χ3n) is 4.43. The molecule has 1 unspecified atom stereocenters. The highest BCUT2D eigenvalue weighted by Gasteiger charge is 2.24. The van der Waals surface area contributed by atoms with E-state index in [0.29, 0.717) is 22.8 Å². The lowest BCUT2D eigenvalue weighted by Crippen LogP contribution is -2.34. The van der Waals surface area contributed by atoms with Gasteiger partial charge in [-0.15, -0.1) is 11.3 Å². The van der Waals surface area contributed by atoms with E-state index in [4.69, 9.17) is 0 Å². The zero-order chi connectivity index (χ0) is 19.7. The highest BCUT2D eigenvalue weighted by atomic mass is 32.1.